The lowest BCUT2D eigenvalue weighted by Gasteiger charge is -2.09. The molecule has 0 amide bonds. The van der Waals surface area contributed by atoms with E-state index in [9.17, 15) is 9.59 Å². The first-order chi connectivity index (χ1) is 10.7. The van der Waals surface area contributed by atoms with E-state index in [0.29, 0.717) is 25.1 Å². The fraction of sp³-hybridized carbons (Fsp3) is 0.353. The quantitative estimate of drug-likeness (QED) is 0.738. The number of hydrogen-bond donors (Lipinski definition) is 0. The molecule has 2 rings (SSSR count). The van der Waals surface area contributed by atoms with Gasteiger partial charge in [-0.05, 0) is 31.5 Å². The van der Waals surface area contributed by atoms with Gasteiger partial charge in [-0.2, -0.15) is 5.10 Å². The second-order valence-corrected chi connectivity index (χ2v) is 4.95. The van der Waals surface area contributed by atoms with Crippen molar-refractivity contribution in [2.24, 2.45) is 0 Å². The van der Waals surface area contributed by atoms with Crippen LogP contribution in [0.1, 0.15) is 37.0 Å². The normalized spacial score (nSPS) is 10.5. The molecular formula is C17H20N2O3. The van der Waals surface area contributed by atoms with E-state index in [-0.39, 0.29) is 11.1 Å². The number of hydrogen-bond acceptors (Lipinski definition) is 4. The Morgan fingerprint density at radius 1 is 1.27 bits per heavy atom. The molecule has 1 aromatic carbocycles. The second kappa shape index (κ2) is 7.54. The van der Waals surface area contributed by atoms with Gasteiger partial charge in [-0.25, -0.2) is 4.68 Å². The van der Waals surface area contributed by atoms with Gasteiger partial charge < -0.3 is 4.74 Å². The number of aldehydes is 1. The van der Waals surface area contributed by atoms with Crippen molar-refractivity contribution in [2.75, 3.05) is 6.61 Å². The van der Waals surface area contributed by atoms with Crippen molar-refractivity contribution < 1.29 is 9.53 Å². The zero-order chi connectivity index (χ0) is 15.9. The molecule has 5 nitrogen and oxygen atoms in total. The minimum absolute atomic E-state index is 0.128. The highest BCUT2D eigenvalue weighted by Crippen LogP contribution is 2.22. The lowest BCUT2D eigenvalue weighted by Crippen LogP contribution is -2.26. The van der Waals surface area contributed by atoms with Gasteiger partial charge >= 0.3 is 0 Å². The molecule has 1 aromatic heterocycles. The maximum absolute atomic E-state index is 12.1. The Balaban J connectivity index is 2.48. The molecule has 0 aliphatic carbocycles. The largest absolute Gasteiger partial charge is 0.494 e. The standard InChI is InChI=1S/C17H20N2O3/c1-3-5-9-19-17(21)14(12-20)11-16(18-19)13-7-6-8-15(10-13)22-4-2/h6-8,10-12H,3-5,9H2,1-2H3. The van der Waals surface area contributed by atoms with E-state index in [1.54, 1.807) is 0 Å². The third-order valence-electron chi connectivity index (χ3n) is 3.29. The van der Waals surface area contributed by atoms with Crippen LogP contribution in [-0.2, 0) is 6.54 Å². The fourth-order valence-electron chi connectivity index (χ4n) is 2.16. The Kier molecular flexibility index (Phi) is 5.47. The molecule has 0 bridgehead atoms. The van der Waals surface area contributed by atoms with E-state index in [0.717, 1.165) is 24.2 Å². The molecule has 0 spiro atoms. The predicted molar refractivity (Wildman–Crippen MR) is 85.4 cm³/mol. The molecule has 116 valence electrons. The number of aromatic nitrogens is 2. The molecule has 0 aliphatic rings. The fourth-order valence-corrected chi connectivity index (χ4v) is 2.16. The van der Waals surface area contributed by atoms with Crippen molar-refractivity contribution in [1.82, 2.24) is 9.78 Å². The molecule has 2 aromatic rings. The molecule has 0 atom stereocenters. The summed E-state index contributed by atoms with van der Waals surface area (Å²) >= 11 is 0. The molecule has 0 unspecified atom stereocenters. The molecule has 0 saturated carbocycles. The van der Waals surface area contributed by atoms with Crippen molar-refractivity contribution >= 4 is 6.29 Å². The summed E-state index contributed by atoms with van der Waals surface area (Å²) in [4.78, 5) is 23.2. The summed E-state index contributed by atoms with van der Waals surface area (Å²) in [5, 5.41) is 4.38. The van der Waals surface area contributed by atoms with Gasteiger partial charge in [0.2, 0.25) is 0 Å². The lowest BCUT2D eigenvalue weighted by atomic mass is 10.1. The highest BCUT2D eigenvalue weighted by atomic mass is 16.5. The van der Waals surface area contributed by atoms with Gasteiger partial charge in [0, 0.05) is 12.1 Å². The number of carbonyl (C=O) groups is 1. The molecule has 0 N–H and O–H groups in total. The summed E-state index contributed by atoms with van der Waals surface area (Å²) < 4.78 is 6.85. The van der Waals surface area contributed by atoms with Crippen LogP contribution in [0.2, 0.25) is 0 Å². The molecule has 0 radical (unpaired) electrons. The number of rotatable bonds is 7. The molecule has 1 heterocycles. The van der Waals surface area contributed by atoms with Crippen molar-refractivity contribution in [3.05, 3.63) is 46.2 Å². The van der Waals surface area contributed by atoms with E-state index in [1.165, 1.54) is 10.7 Å². The minimum atomic E-state index is -0.340. The zero-order valence-corrected chi connectivity index (χ0v) is 12.9. The lowest BCUT2D eigenvalue weighted by molar-refractivity contribution is 0.112. The van der Waals surface area contributed by atoms with Crippen molar-refractivity contribution in [2.45, 2.75) is 33.2 Å². The second-order valence-electron chi connectivity index (χ2n) is 4.95. The SMILES string of the molecule is CCCCn1nc(-c2cccc(OCC)c2)cc(C=O)c1=O. The predicted octanol–water partition coefficient (Wildman–Crippen LogP) is 2.92. The molecule has 0 aliphatic heterocycles. The summed E-state index contributed by atoms with van der Waals surface area (Å²) in [5.41, 5.74) is 1.20. The maximum Gasteiger partial charge on any atom is 0.277 e. The van der Waals surface area contributed by atoms with Gasteiger partial charge in [0.05, 0.1) is 17.9 Å². The van der Waals surface area contributed by atoms with Crippen LogP contribution >= 0.6 is 0 Å². The number of nitrogens with zero attached hydrogens (tertiary/aromatic N) is 2. The van der Waals surface area contributed by atoms with Gasteiger partial charge in [-0.1, -0.05) is 25.5 Å². The van der Waals surface area contributed by atoms with Crippen LogP contribution < -0.4 is 10.3 Å². The van der Waals surface area contributed by atoms with Crippen LogP contribution in [0, 0.1) is 0 Å². The van der Waals surface area contributed by atoms with Crippen LogP contribution in [0.5, 0.6) is 5.75 Å². The number of aryl methyl sites for hydroxylation is 1. The average molecular weight is 300 g/mol. The maximum atomic E-state index is 12.1. The Labute approximate surface area is 129 Å². The number of benzene rings is 1. The van der Waals surface area contributed by atoms with E-state index < -0.39 is 0 Å². The summed E-state index contributed by atoms with van der Waals surface area (Å²) in [5.74, 6) is 0.737. The average Bonchev–Trinajstić information content (AvgIpc) is 2.54. The first-order valence-corrected chi connectivity index (χ1v) is 7.50. The number of carbonyl (C=O) groups excluding carboxylic acids is 1. The molecule has 0 fully saturated rings. The third-order valence-corrected chi connectivity index (χ3v) is 3.29. The van der Waals surface area contributed by atoms with E-state index in [1.807, 2.05) is 38.1 Å². The van der Waals surface area contributed by atoms with Crippen LogP contribution in [-0.4, -0.2) is 22.7 Å². The smallest absolute Gasteiger partial charge is 0.277 e. The zero-order valence-electron chi connectivity index (χ0n) is 12.9. The monoisotopic (exact) mass is 300 g/mol. The summed E-state index contributed by atoms with van der Waals surface area (Å²) in [6.07, 6.45) is 2.38. The van der Waals surface area contributed by atoms with Crippen molar-refractivity contribution in [3.8, 4) is 17.0 Å². The molecule has 5 heteroatoms. The van der Waals surface area contributed by atoms with Crippen LogP contribution in [0.4, 0.5) is 0 Å². The molecule has 22 heavy (non-hydrogen) atoms. The highest BCUT2D eigenvalue weighted by molar-refractivity contribution is 5.77. The van der Waals surface area contributed by atoms with E-state index in [4.69, 9.17) is 4.74 Å². The van der Waals surface area contributed by atoms with Gasteiger partial charge in [0.25, 0.3) is 5.56 Å². The number of unbranched alkanes of at least 4 members (excludes halogenated alkanes) is 1. The highest BCUT2D eigenvalue weighted by Gasteiger charge is 2.10. The van der Waals surface area contributed by atoms with Gasteiger partial charge in [0.15, 0.2) is 6.29 Å². The van der Waals surface area contributed by atoms with Crippen molar-refractivity contribution in [3.63, 3.8) is 0 Å². The van der Waals surface area contributed by atoms with Crippen LogP contribution in [0.15, 0.2) is 35.1 Å². The van der Waals surface area contributed by atoms with Gasteiger partial charge in [-0.3, -0.25) is 9.59 Å². The first-order valence-electron chi connectivity index (χ1n) is 7.50. The summed E-state index contributed by atoms with van der Waals surface area (Å²) in [6, 6.07) is 9.00. The van der Waals surface area contributed by atoms with Crippen molar-refractivity contribution in [1.29, 1.82) is 0 Å². The van der Waals surface area contributed by atoms with Crippen LogP contribution in [0.25, 0.3) is 11.3 Å². The third kappa shape index (κ3) is 3.61. The topological polar surface area (TPSA) is 61.2 Å². The van der Waals surface area contributed by atoms with Gasteiger partial charge in [0.1, 0.15) is 5.75 Å². The minimum Gasteiger partial charge on any atom is -0.494 e. The van der Waals surface area contributed by atoms with Gasteiger partial charge in [-0.15, -0.1) is 0 Å². The summed E-state index contributed by atoms with van der Waals surface area (Å²) in [6.45, 7) is 5.04. The first kappa shape index (κ1) is 15.9. The Morgan fingerprint density at radius 3 is 2.77 bits per heavy atom. The molecular weight excluding hydrogens is 280 g/mol. The summed E-state index contributed by atoms with van der Waals surface area (Å²) in [7, 11) is 0. The Morgan fingerprint density at radius 2 is 2.09 bits per heavy atom. The number of ether oxygens (including phenoxy) is 1. The Hall–Kier alpha value is -2.43. The van der Waals surface area contributed by atoms with E-state index in [2.05, 4.69) is 5.10 Å². The van der Waals surface area contributed by atoms with E-state index >= 15 is 0 Å². The molecule has 0 saturated heterocycles. The Bertz CT molecular complexity index is 707. The van der Waals surface area contributed by atoms with Crippen LogP contribution in [0.3, 0.4) is 0 Å².